The summed E-state index contributed by atoms with van der Waals surface area (Å²) in [5, 5.41) is 8.29. The van der Waals surface area contributed by atoms with Crippen LogP contribution in [0.25, 0.3) is 0 Å². The van der Waals surface area contributed by atoms with Crippen LogP contribution in [0.4, 0.5) is 0 Å². The third-order valence-electron chi connectivity index (χ3n) is 1.01. The number of unbranched alkanes of at least 4 members (excludes halogenated alkanes) is 3. The fourth-order valence-corrected chi connectivity index (χ4v) is 0.539. The van der Waals surface area contributed by atoms with E-state index in [0.717, 1.165) is 6.42 Å². The van der Waals surface area contributed by atoms with Crippen LogP contribution in [-0.2, 0) is 19.4 Å². The van der Waals surface area contributed by atoms with E-state index in [1.165, 1.54) is 38.6 Å². The van der Waals surface area contributed by atoms with E-state index >= 15 is 0 Å². The van der Waals surface area contributed by atoms with Crippen LogP contribution < -0.4 is 0 Å². The summed E-state index contributed by atoms with van der Waals surface area (Å²) < 4.78 is 0. The Morgan fingerprint density at radius 1 is 1.22 bits per heavy atom. The quantitative estimate of drug-likeness (QED) is 0.526. The minimum absolute atomic E-state index is 0.361. The van der Waals surface area contributed by atoms with Crippen LogP contribution in [0.2, 0.25) is 0 Å². The molecule has 0 aromatic heterocycles. The third-order valence-corrected chi connectivity index (χ3v) is 1.01. The summed E-state index contributed by atoms with van der Waals surface area (Å²) in [5.41, 5.74) is 0. The zero-order valence-corrected chi connectivity index (χ0v) is 8.18. The molecule has 0 atom stereocenters. The zero-order chi connectivity index (χ0) is 7.54. The Bertz CT molecular complexity index is 32.2. The molecular weight excluding hydrogens is 171 g/mol. The van der Waals surface area contributed by atoms with Gasteiger partial charge in [-0.25, -0.2) is 0 Å². The van der Waals surface area contributed by atoms with E-state index in [4.69, 9.17) is 5.11 Å². The summed E-state index contributed by atoms with van der Waals surface area (Å²) in [5.74, 6) is 0. The zero-order valence-electron chi connectivity index (χ0n) is 5.86. The first-order valence-electron chi connectivity index (χ1n) is 3.21. The molecule has 0 radical (unpaired) electrons. The summed E-state index contributed by atoms with van der Waals surface area (Å²) in [7, 11) is 4.64. The van der Waals surface area contributed by atoms with E-state index in [2.05, 4.69) is 16.2 Å². The Morgan fingerprint density at radius 2 is 1.78 bits per heavy atom. The summed E-state index contributed by atoms with van der Waals surface area (Å²) >= 11 is 1.47. The van der Waals surface area contributed by atoms with E-state index in [-0.39, 0.29) is 0 Å². The molecule has 3 heteroatoms. The molecule has 0 aliphatic rings. The molecule has 0 amide bonds. The van der Waals surface area contributed by atoms with Crippen molar-refractivity contribution in [3.05, 3.63) is 0 Å². The van der Waals surface area contributed by atoms with Crippen molar-refractivity contribution >= 4 is 9.30 Å². The van der Waals surface area contributed by atoms with Crippen molar-refractivity contribution in [2.75, 3.05) is 6.61 Å². The molecule has 1 nitrogen and oxygen atoms in total. The van der Waals surface area contributed by atoms with Gasteiger partial charge in [-0.2, -0.15) is 0 Å². The monoisotopic (exact) mass is 185 g/mol. The SMILES string of the molecule is CCCCCCO.[Cl][Ti]. The number of aliphatic hydroxyl groups excluding tert-OH is 1. The molecule has 0 aliphatic heterocycles. The fraction of sp³-hybridized carbons (Fsp3) is 1.00. The van der Waals surface area contributed by atoms with Crippen LogP contribution in [0.3, 0.4) is 0 Å². The molecule has 0 fully saturated rings. The molecule has 0 spiro atoms. The van der Waals surface area contributed by atoms with Crippen molar-refractivity contribution in [2.45, 2.75) is 32.6 Å². The van der Waals surface area contributed by atoms with Crippen LogP contribution in [0.5, 0.6) is 0 Å². The molecule has 0 unspecified atom stereocenters. The van der Waals surface area contributed by atoms with Gasteiger partial charge >= 0.3 is 28.7 Å². The first-order valence-corrected chi connectivity index (χ1v) is 5.36. The van der Waals surface area contributed by atoms with Gasteiger partial charge in [-0.15, -0.1) is 0 Å². The average molecular weight is 185 g/mol. The van der Waals surface area contributed by atoms with Crippen LogP contribution in [0.15, 0.2) is 0 Å². The number of hydrogen-bond donors (Lipinski definition) is 1. The van der Waals surface area contributed by atoms with Crippen molar-refractivity contribution in [3.63, 3.8) is 0 Å². The molecule has 0 saturated heterocycles. The Labute approximate surface area is 73.1 Å². The van der Waals surface area contributed by atoms with Crippen LogP contribution in [-0.4, -0.2) is 11.7 Å². The Morgan fingerprint density at radius 3 is 2.11 bits per heavy atom. The molecule has 0 rings (SSSR count). The summed E-state index contributed by atoms with van der Waals surface area (Å²) in [6.45, 7) is 2.53. The van der Waals surface area contributed by atoms with Gasteiger partial charge in [0.1, 0.15) is 0 Å². The van der Waals surface area contributed by atoms with E-state index in [9.17, 15) is 0 Å². The van der Waals surface area contributed by atoms with Crippen molar-refractivity contribution < 1.29 is 24.5 Å². The first kappa shape index (κ1) is 12.6. The van der Waals surface area contributed by atoms with Crippen LogP contribution in [0.1, 0.15) is 32.6 Å². The normalized spacial score (nSPS) is 7.78. The summed E-state index contributed by atoms with van der Waals surface area (Å²) in [6, 6.07) is 0. The summed E-state index contributed by atoms with van der Waals surface area (Å²) in [4.78, 5) is 0. The van der Waals surface area contributed by atoms with Gasteiger partial charge in [0, 0.05) is 6.61 Å². The Hall–Kier alpha value is 0.964. The maximum absolute atomic E-state index is 8.29. The second-order valence-electron chi connectivity index (χ2n) is 1.78. The standard InChI is InChI=1S/C6H14O.ClH.Ti/c1-2-3-4-5-6-7;;/h7H,2-6H2,1H3;1H;/q;;+1/p-1. The average Bonchev–Trinajstić information content (AvgIpc) is 1.94. The van der Waals surface area contributed by atoms with Gasteiger partial charge in [0.05, 0.1) is 0 Å². The topological polar surface area (TPSA) is 20.2 Å². The maximum atomic E-state index is 8.29. The van der Waals surface area contributed by atoms with E-state index < -0.39 is 0 Å². The van der Waals surface area contributed by atoms with Gasteiger partial charge in [0.2, 0.25) is 0 Å². The van der Waals surface area contributed by atoms with Crippen molar-refractivity contribution in [2.24, 2.45) is 0 Å². The van der Waals surface area contributed by atoms with Crippen LogP contribution in [0, 0.1) is 0 Å². The molecule has 1 N–H and O–H groups in total. The third kappa shape index (κ3) is 17.6. The predicted octanol–water partition coefficient (Wildman–Crippen LogP) is 2.25. The van der Waals surface area contributed by atoms with Gasteiger partial charge in [-0.3, -0.25) is 0 Å². The van der Waals surface area contributed by atoms with Gasteiger partial charge in [0.25, 0.3) is 0 Å². The number of rotatable bonds is 4. The second kappa shape index (κ2) is 16.0. The molecule has 0 aliphatic carbocycles. The summed E-state index contributed by atoms with van der Waals surface area (Å²) in [6.07, 6.45) is 4.68. The number of halogens is 1. The first-order chi connectivity index (χ1) is 4.41. The van der Waals surface area contributed by atoms with Crippen molar-refractivity contribution in [3.8, 4) is 0 Å². The Kier molecular flexibility index (Phi) is 22.4. The molecule has 9 heavy (non-hydrogen) atoms. The minimum atomic E-state index is 0.361. The van der Waals surface area contributed by atoms with Crippen molar-refractivity contribution in [1.82, 2.24) is 0 Å². The van der Waals surface area contributed by atoms with E-state index in [1.54, 1.807) is 0 Å². The van der Waals surface area contributed by atoms with Gasteiger partial charge in [0.15, 0.2) is 0 Å². The predicted molar refractivity (Wildman–Crippen MR) is 37.1 cm³/mol. The second-order valence-corrected chi connectivity index (χ2v) is 1.78. The number of hydrogen-bond acceptors (Lipinski definition) is 1. The van der Waals surface area contributed by atoms with Gasteiger partial charge in [-0.05, 0) is 6.42 Å². The number of aliphatic hydroxyl groups is 1. The molecule has 0 aromatic rings. The van der Waals surface area contributed by atoms with E-state index in [0.29, 0.717) is 6.61 Å². The molecule has 55 valence electrons. The molecule has 0 bridgehead atoms. The molecular formula is C6H14ClOTi. The van der Waals surface area contributed by atoms with E-state index in [1.807, 2.05) is 0 Å². The van der Waals surface area contributed by atoms with Crippen LogP contribution >= 0.6 is 9.30 Å². The molecule has 0 heterocycles. The fourth-order valence-electron chi connectivity index (χ4n) is 0.539. The molecule has 0 saturated carbocycles. The Balaban J connectivity index is 0. The van der Waals surface area contributed by atoms with Gasteiger partial charge < -0.3 is 5.11 Å². The van der Waals surface area contributed by atoms with Crippen molar-refractivity contribution in [1.29, 1.82) is 0 Å². The molecule has 0 aromatic carbocycles. The van der Waals surface area contributed by atoms with Gasteiger partial charge in [-0.1, -0.05) is 26.2 Å².